The third-order valence-corrected chi connectivity index (χ3v) is 8.38. The number of carbonyl (C=O) groups is 4. The van der Waals surface area contributed by atoms with Crippen LogP contribution in [0.2, 0.25) is 0 Å². The van der Waals surface area contributed by atoms with Gasteiger partial charge in [0.05, 0.1) is 11.6 Å². The Labute approximate surface area is 238 Å². The molecule has 3 aliphatic carbocycles. The van der Waals surface area contributed by atoms with Gasteiger partial charge in [0.15, 0.2) is 11.4 Å². The molecule has 4 atom stereocenters. The maximum atomic E-state index is 14.1. The number of primary amides is 1. The average molecular weight is 571 g/mol. The Morgan fingerprint density at radius 1 is 1.12 bits per heavy atom. The van der Waals surface area contributed by atoms with E-state index in [1.807, 2.05) is 0 Å². The van der Waals surface area contributed by atoms with Crippen molar-refractivity contribution in [1.29, 1.82) is 0 Å². The van der Waals surface area contributed by atoms with E-state index in [2.05, 4.69) is 5.32 Å². The Hall–Kier alpha value is -3.90. The molecule has 3 aliphatic rings. The van der Waals surface area contributed by atoms with Gasteiger partial charge in [-0.05, 0) is 44.5 Å². The van der Waals surface area contributed by atoms with Crippen LogP contribution in [0.4, 0.5) is 5.69 Å². The molecule has 12 nitrogen and oxygen atoms in total. The number of ketones is 2. The van der Waals surface area contributed by atoms with Gasteiger partial charge in [0.2, 0.25) is 11.7 Å². The molecule has 0 saturated heterocycles. The van der Waals surface area contributed by atoms with Crippen molar-refractivity contribution in [1.82, 2.24) is 10.2 Å². The molecule has 1 aromatic rings. The molecule has 4 unspecified atom stereocenters. The van der Waals surface area contributed by atoms with Gasteiger partial charge < -0.3 is 36.4 Å². The first-order chi connectivity index (χ1) is 18.8. The van der Waals surface area contributed by atoms with Crippen LogP contribution >= 0.6 is 0 Å². The number of aliphatic hydroxyl groups excluding tert-OH is 2. The maximum absolute atomic E-state index is 14.1. The van der Waals surface area contributed by atoms with Crippen molar-refractivity contribution < 1.29 is 39.6 Å². The zero-order chi connectivity index (χ0) is 30.9. The number of amides is 2. The largest absolute Gasteiger partial charge is 0.510 e. The number of Topliss-reactive ketones (excluding diaryl/α,β-unsaturated/α-hetero) is 2. The number of nitrogens with zero attached hydrogens (tertiary/aromatic N) is 2. The topological polar surface area (TPSA) is 194 Å². The van der Waals surface area contributed by atoms with Crippen LogP contribution in [-0.2, 0) is 27.3 Å². The lowest BCUT2D eigenvalue weighted by molar-refractivity contribution is -0.148. The number of aliphatic hydroxyl groups is 3. The third-order valence-electron chi connectivity index (χ3n) is 8.38. The molecule has 4 rings (SSSR count). The van der Waals surface area contributed by atoms with Crippen LogP contribution in [0.25, 0.3) is 0 Å². The second-order valence-electron chi connectivity index (χ2n) is 12.5. The fourth-order valence-corrected chi connectivity index (χ4v) is 6.33. The predicted octanol–water partition coefficient (Wildman–Crippen LogP) is 0.849. The van der Waals surface area contributed by atoms with Crippen molar-refractivity contribution in [3.8, 4) is 5.75 Å². The quantitative estimate of drug-likeness (QED) is 0.276. The lowest BCUT2D eigenvalue weighted by Crippen LogP contribution is -2.63. The summed E-state index contributed by atoms with van der Waals surface area (Å²) in [5, 5.41) is 48.2. The molecular formula is C29H38N4O8. The number of phenolic OH excluding ortho intramolecular Hbond substituents is 1. The zero-order valence-corrected chi connectivity index (χ0v) is 24.3. The number of rotatable bonds is 5. The number of nitrogens with two attached hydrogens (primary N) is 1. The van der Waals surface area contributed by atoms with Gasteiger partial charge in [-0.15, -0.1) is 0 Å². The van der Waals surface area contributed by atoms with Crippen LogP contribution in [0.1, 0.15) is 48.7 Å². The van der Waals surface area contributed by atoms with Gasteiger partial charge in [0, 0.05) is 48.8 Å². The minimum Gasteiger partial charge on any atom is -0.510 e. The molecule has 0 aromatic heterocycles. The smallest absolute Gasteiger partial charge is 0.255 e. The summed E-state index contributed by atoms with van der Waals surface area (Å²) in [6.45, 7) is 5.16. The van der Waals surface area contributed by atoms with Crippen molar-refractivity contribution in [3.05, 3.63) is 45.4 Å². The lowest BCUT2D eigenvalue weighted by atomic mass is 9.58. The van der Waals surface area contributed by atoms with Gasteiger partial charge in [0.1, 0.15) is 22.8 Å². The molecule has 222 valence electrons. The van der Waals surface area contributed by atoms with E-state index in [1.165, 1.54) is 4.90 Å². The highest BCUT2D eigenvalue weighted by atomic mass is 16.3. The summed E-state index contributed by atoms with van der Waals surface area (Å²) in [6, 6.07) is 0.634. The Morgan fingerprint density at radius 2 is 1.73 bits per heavy atom. The third kappa shape index (κ3) is 4.45. The molecule has 0 saturated carbocycles. The van der Waals surface area contributed by atoms with Crippen LogP contribution in [0.15, 0.2) is 28.7 Å². The molecule has 12 heteroatoms. The molecule has 2 amide bonds. The number of benzene rings is 1. The Morgan fingerprint density at radius 3 is 2.24 bits per heavy atom. The van der Waals surface area contributed by atoms with Crippen LogP contribution in [-0.4, -0.2) is 88.5 Å². The molecule has 0 radical (unpaired) electrons. The summed E-state index contributed by atoms with van der Waals surface area (Å²) in [6.07, 6.45) is 0.174. The number of aromatic hydroxyl groups is 1. The highest BCUT2D eigenvalue weighted by Gasteiger charge is 2.63. The van der Waals surface area contributed by atoms with E-state index in [9.17, 15) is 39.6 Å². The zero-order valence-electron chi connectivity index (χ0n) is 24.3. The van der Waals surface area contributed by atoms with E-state index in [0.717, 1.165) is 0 Å². The summed E-state index contributed by atoms with van der Waals surface area (Å²) in [7, 11) is 6.70. The molecule has 0 bridgehead atoms. The van der Waals surface area contributed by atoms with Crippen molar-refractivity contribution in [3.63, 3.8) is 0 Å². The van der Waals surface area contributed by atoms with E-state index in [1.54, 1.807) is 59.9 Å². The first kappa shape index (κ1) is 30.1. The van der Waals surface area contributed by atoms with Gasteiger partial charge in [-0.1, -0.05) is 20.8 Å². The highest BCUT2D eigenvalue weighted by molar-refractivity contribution is 6.25. The molecular weight excluding hydrogens is 532 g/mol. The number of fused-ring (bicyclic) bond motifs is 3. The highest BCUT2D eigenvalue weighted by Crippen LogP contribution is 2.53. The van der Waals surface area contributed by atoms with Crippen LogP contribution in [0.5, 0.6) is 5.75 Å². The minimum atomic E-state index is -2.71. The standard InChI is InChI=1S/C29H38N4O8/c1-28(2,3)27(40)31-11-13-10-16(32(4)5)14-8-12-9-15-20(33(6)7)23(36)19(26(30)39)25(38)29(15,41)24(37)17(12)22(35)18(14)21(13)34/h10,12,15,20,34,36-37,41H,8-9,11H2,1-7H3,(H2,30,39)(H,31,40). The Bertz CT molecular complexity index is 1430. The molecule has 0 heterocycles. The summed E-state index contributed by atoms with van der Waals surface area (Å²) < 4.78 is 0. The summed E-state index contributed by atoms with van der Waals surface area (Å²) in [5.74, 6) is -7.30. The molecule has 41 heavy (non-hydrogen) atoms. The minimum absolute atomic E-state index is 0.00276. The fourth-order valence-electron chi connectivity index (χ4n) is 6.33. The lowest BCUT2D eigenvalue weighted by Gasteiger charge is -2.50. The van der Waals surface area contributed by atoms with Gasteiger partial charge in [-0.2, -0.15) is 0 Å². The van der Waals surface area contributed by atoms with Crippen molar-refractivity contribution in [2.75, 3.05) is 33.1 Å². The van der Waals surface area contributed by atoms with E-state index >= 15 is 0 Å². The van der Waals surface area contributed by atoms with E-state index < -0.39 is 63.5 Å². The number of likely N-dealkylation sites (N-methyl/N-ethyl adjacent to an activating group) is 1. The molecule has 1 aromatic carbocycles. The van der Waals surface area contributed by atoms with Crippen molar-refractivity contribution in [2.24, 2.45) is 23.0 Å². The van der Waals surface area contributed by atoms with Gasteiger partial charge >= 0.3 is 0 Å². The summed E-state index contributed by atoms with van der Waals surface area (Å²) in [5.41, 5.74) is 2.20. The number of phenols is 1. The molecule has 0 spiro atoms. The molecule has 0 aliphatic heterocycles. The van der Waals surface area contributed by atoms with E-state index in [4.69, 9.17) is 5.73 Å². The van der Waals surface area contributed by atoms with Crippen LogP contribution < -0.4 is 16.0 Å². The van der Waals surface area contributed by atoms with E-state index in [0.29, 0.717) is 11.3 Å². The number of nitrogens with one attached hydrogen (secondary N) is 1. The fraction of sp³-hybridized carbons (Fsp3) is 0.517. The average Bonchev–Trinajstić information content (AvgIpc) is 2.84. The first-order valence-corrected chi connectivity index (χ1v) is 13.3. The van der Waals surface area contributed by atoms with Crippen LogP contribution in [0, 0.1) is 17.3 Å². The maximum Gasteiger partial charge on any atom is 0.255 e. The summed E-state index contributed by atoms with van der Waals surface area (Å²) in [4.78, 5) is 55.4. The number of anilines is 1. The molecule has 0 fully saturated rings. The monoisotopic (exact) mass is 570 g/mol. The van der Waals surface area contributed by atoms with Gasteiger partial charge in [0.25, 0.3) is 5.91 Å². The molecule has 7 N–H and O–H groups in total. The number of hydrogen-bond acceptors (Lipinski definition) is 10. The van der Waals surface area contributed by atoms with Crippen molar-refractivity contribution in [2.45, 2.75) is 51.8 Å². The number of carbonyl (C=O) groups excluding carboxylic acids is 4. The number of allylic oxidation sites excluding steroid dienone is 1. The van der Waals surface area contributed by atoms with Crippen molar-refractivity contribution >= 4 is 29.1 Å². The van der Waals surface area contributed by atoms with Gasteiger partial charge in [-0.25, -0.2) is 0 Å². The second-order valence-corrected chi connectivity index (χ2v) is 12.5. The Kier molecular flexibility index (Phi) is 7.24. The van der Waals surface area contributed by atoms with E-state index in [-0.39, 0.29) is 47.7 Å². The van der Waals surface area contributed by atoms with Gasteiger partial charge in [-0.3, -0.25) is 24.1 Å². The first-order valence-electron chi connectivity index (χ1n) is 13.3. The second kappa shape index (κ2) is 9.88. The van der Waals surface area contributed by atoms with Crippen LogP contribution in [0.3, 0.4) is 0 Å². The Balaban J connectivity index is 1.90. The summed E-state index contributed by atoms with van der Waals surface area (Å²) >= 11 is 0. The normalized spacial score (nSPS) is 26.0. The number of hydrogen-bond donors (Lipinski definition) is 6. The SMILES string of the molecule is CN(C)c1cc(CNC(=O)C(C)(C)C)c(O)c2c1CC1CC3C(N(C)C)C(O)=C(C(N)=O)C(=O)C3(O)C(O)=C1C2=O. The predicted molar refractivity (Wildman–Crippen MR) is 149 cm³/mol.